The molecule has 2 aromatic rings. The SMILES string of the molecule is COC(=O)C1=C(C(=O)NCCN(C)C)C2C=CC1(C(Cc1ccccc1)Oc1ccccc1)O2. The molecule has 4 rings (SSSR count). The van der Waals surface area contributed by atoms with Crippen molar-refractivity contribution >= 4 is 11.9 Å². The zero-order valence-corrected chi connectivity index (χ0v) is 19.7. The highest BCUT2D eigenvalue weighted by Gasteiger charge is 2.59. The van der Waals surface area contributed by atoms with Gasteiger partial charge in [0.05, 0.1) is 18.3 Å². The molecule has 1 amide bonds. The number of ether oxygens (including phenoxy) is 3. The van der Waals surface area contributed by atoms with E-state index >= 15 is 0 Å². The fraction of sp³-hybridized carbons (Fsp3) is 0.333. The van der Waals surface area contributed by atoms with Crippen LogP contribution < -0.4 is 10.1 Å². The van der Waals surface area contributed by atoms with Crippen molar-refractivity contribution in [3.05, 3.63) is 89.5 Å². The summed E-state index contributed by atoms with van der Waals surface area (Å²) in [6.07, 6.45) is 2.85. The molecule has 0 aromatic heterocycles. The van der Waals surface area contributed by atoms with Crippen LogP contribution >= 0.6 is 0 Å². The molecule has 0 fully saturated rings. The van der Waals surface area contributed by atoms with Crippen LogP contribution in [0.2, 0.25) is 0 Å². The normalized spacial score (nSPS) is 21.6. The van der Waals surface area contributed by atoms with Gasteiger partial charge in [-0.05, 0) is 37.9 Å². The molecule has 2 heterocycles. The molecule has 2 bridgehead atoms. The summed E-state index contributed by atoms with van der Waals surface area (Å²) in [4.78, 5) is 28.2. The van der Waals surface area contributed by atoms with Crippen LogP contribution in [0.4, 0.5) is 0 Å². The molecule has 7 heteroatoms. The summed E-state index contributed by atoms with van der Waals surface area (Å²) in [5.41, 5.74) is 0.244. The van der Waals surface area contributed by atoms with Gasteiger partial charge in [-0.25, -0.2) is 4.79 Å². The van der Waals surface area contributed by atoms with Crippen LogP contribution in [0.1, 0.15) is 5.56 Å². The fourth-order valence-corrected chi connectivity index (χ4v) is 4.39. The van der Waals surface area contributed by atoms with Crippen molar-refractivity contribution in [2.24, 2.45) is 0 Å². The van der Waals surface area contributed by atoms with Gasteiger partial charge in [0.1, 0.15) is 18.0 Å². The Labute approximate surface area is 200 Å². The van der Waals surface area contributed by atoms with Crippen molar-refractivity contribution in [3.8, 4) is 5.75 Å². The second-order valence-electron chi connectivity index (χ2n) is 8.64. The smallest absolute Gasteiger partial charge is 0.337 e. The molecule has 3 atom stereocenters. The van der Waals surface area contributed by atoms with E-state index in [9.17, 15) is 9.59 Å². The van der Waals surface area contributed by atoms with E-state index in [4.69, 9.17) is 14.2 Å². The number of hydrogen-bond donors (Lipinski definition) is 1. The summed E-state index contributed by atoms with van der Waals surface area (Å²) in [7, 11) is 5.17. The Kier molecular flexibility index (Phi) is 7.14. The third kappa shape index (κ3) is 4.76. The number of hydrogen-bond acceptors (Lipinski definition) is 6. The Morgan fingerprint density at radius 3 is 2.41 bits per heavy atom. The first-order chi connectivity index (χ1) is 16.4. The van der Waals surface area contributed by atoms with Crippen LogP contribution in [-0.4, -0.2) is 68.9 Å². The molecule has 0 saturated heterocycles. The van der Waals surface area contributed by atoms with E-state index < -0.39 is 23.8 Å². The number of nitrogens with one attached hydrogen (secondary N) is 1. The number of amides is 1. The highest BCUT2D eigenvalue weighted by atomic mass is 16.6. The largest absolute Gasteiger partial charge is 0.486 e. The summed E-state index contributed by atoms with van der Waals surface area (Å²) in [5.74, 6) is -0.290. The first-order valence-electron chi connectivity index (χ1n) is 11.3. The number of para-hydroxylation sites is 1. The molecular formula is C27H30N2O5. The van der Waals surface area contributed by atoms with Gasteiger partial charge in [-0.1, -0.05) is 54.6 Å². The third-order valence-corrected chi connectivity index (χ3v) is 6.03. The number of methoxy groups -OCH3 is 1. The zero-order chi connectivity index (χ0) is 24.1. The number of nitrogens with zero attached hydrogens (tertiary/aromatic N) is 1. The zero-order valence-electron chi connectivity index (χ0n) is 19.7. The van der Waals surface area contributed by atoms with E-state index in [0.29, 0.717) is 25.3 Å². The lowest BCUT2D eigenvalue weighted by Crippen LogP contribution is -2.48. The van der Waals surface area contributed by atoms with Gasteiger partial charge in [-0.2, -0.15) is 0 Å². The Morgan fingerprint density at radius 2 is 1.76 bits per heavy atom. The summed E-state index contributed by atoms with van der Waals surface area (Å²) in [5, 5.41) is 2.90. The summed E-state index contributed by atoms with van der Waals surface area (Å²) in [6, 6.07) is 19.2. The maximum Gasteiger partial charge on any atom is 0.337 e. The molecule has 7 nitrogen and oxygen atoms in total. The van der Waals surface area contributed by atoms with Crippen LogP contribution in [0.15, 0.2) is 84.0 Å². The minimum absolute atomic E-state index is 0.196. The van der Waals surface area contributed by atoms with E-state index in [0.717, 1.165) is 5.56 Å². The Hall–Kier alpha value is -3.42. The van der Waals surface area contributed by atoms with Crippen molar-refractivity contribution in [1.82, 2.24) is 10.2 Å². The van der Waals surface area contributed by atoms with Gasteiger partial charge >= 0.3 is 5.97 Å². The fourth-order valence-electron chi connectivity index (χ4n) is 4.39. The number of carbonyl (C=O) groups is 2. The van der Waals surface area contributed by atoms with E-state index in [1.807, 2.05) is 91.8 Å². The van der Waals surface area contributed by atoms with Gasteiger partial charge in [0.15, 0.2) is 5.60 Å². The average molecular weight is 463 g/mol. The lowest BCUT2D eigenvalue weighted by molar-refractivity contribution is -0.139. The van der Waals surface area contributed by atoms with Crippen molar-refractivity contribution in [3.63, 3.8) is 0 Å². The molecule has 1 N–H and O–H groups in total. The monoisotopic (exact) mass is 462 g/mol. The highest BCUT2D eigenvalue weighted by Crippen LogP contribution is 2.47. The molecule has 2 aliphatic heterocycles. The molecule has 0 saturated carbocycles. The molecule has 0 aliphatic carbocycles. The lowest BCUT2D eigenvalue weighted by atomic mass is 9.80. The lowest BCUT2D eigenvalue weighted by Gasteiger charge is -2.34. The second-order valence-corrected chi connectivity index (χ2v) is 8.64. The van der Waals surface area contributed by atoms with Crippen molar-refractivity contribution in [1.29, 1.82) is 0 Å². The van der Waals surface area contributed by atoms with Crippen LogP contribution in [-0.2, 0) is 25.5 Å². The number of esters is 1. The predicted molar refractivity (Wildman–Crippen MR) is 128 cm³/mol. The molecule has 2 aromatic carbocycles. The first kappa shape index (κ1) is 23.7. The summed E-state index contributed by atoms with van der Waals surface area (Å²) >= 11 is 0. The van der Waals surface area contributed by atoms with Crippen molar-refractivity contribution in [2.45, 2.75) is 24.2 Å². The van der Waals surface area contributed by atoms with Gasteiger partial charge in [0.25, 0.3) is 5.91 Å². The summed E-state index contributed by atoms with van der Waals surface area (Å²) < 4.78 is 17.9. The molecule has 2 aliphatic rings. The quantitative estimate of drug-likeness (QED) is 0.432. The van der Waals surface area contributed by atoms with Crippen LogP contribution in [0.5, 0.6) is 5.75 Å². The van der Waals surface area contributed by atoms with Crippen molar-refractivity contribution < 1.29 is 23.8 Å². The second kappa shape index (κ2) is 10.2. The Bertz CT molecular complexity index is 1040. The van der Waals surface area contributed by atoms with Gasteiger partial charge in [-0.3, -0.25) is 4.79 Å². The minimum atomic E-state index is -1.25. The van der Waals surface area contributed by atoms with Gasteiger partial charge in [-0.15, -0.1) is 0 Å². The maximum atomic E-state index is 13.2. The van der Waals surface area contributed by atoms with E-state index in [-0.39, 0.29) is 17.1 Å². The van der Waals surface area contributed by atoms with Crippen LogP contribution in [0.3, 0.4) is 0 Å². The molecule has 34 heavy (non-hydrogen) atoms. The van der Waals surface area contributed by atoms with E-state index in [2.05, 4.69) is 5.32 Å². The van der Waals surface area contributed by atoms with Gasteiger partial charge < -0.3 is 24.4 Å². The topological polar surface area (TPSA) is 77.1 Å². The minimum Gasteiger partial charge on any atom is -0.486 e. The Balaban J connectivity index is 1.73. The molecule has 0 spiro atoms. The molecule has 3 unspecified atom stereocenters. The van der Waals surface area contributed by atoms with E-state index in [1.54, 1.807) is 0 Å². The predicted octanol–water partition coefficient (Wildman–Crippen LogP) is 2.53. The van der Waals surface area contributed by atoms with Gasteiger partial charge in [0, 0.05) is 19.5 Å². The molecular weight excluding hydrogens is 432 g/mol. The first-order valence-corrected chi connectivity index (χ1v) is 11.3. The molecule has 0 radical (unpaired) electrons. The van der Waals surface area contributed by atoms with E-state index in [1.165, 1.54) is 7.11 Å². The Morgan fingerprint density at radius 1 is 1.09 bits per heavy atom. The average Bonchev–Trinajstić information content (AvgIpc) is 3.42. The number of carbonyl (C=O) groups excluding carboxylic acids is 2. The van der Waals surface area contributed by atoms with Gasteiger partial charge in [0.2, 0.25) is 0 Å². The third-order valence-electron chi connectivity index (χ3n) is 6.03. The standard InChI is InChI=1S/C27H30N2O5/c1-29(2)17-16-28-25(30)23-21-14-15-27(34-21,24(23)26(31)32-3)22(18-19-10-6-4-7-11-19)33-20-12-8-5-9-13-20/h4-15,21-22H,16-18H2,1-3H3,(H,28,30). The highest BCUT2D eigenvalue weighted by molar-refractivity contribution is 6.07. The number of rotatable bonds is 10. The number of benzene rings is 2. The molecule has 178 valence electrons. The number of fused-ring (bicyclic) bond motifs is 2. The van der Waals surface area contributed by atoms with Crippen molar-refractivity contribution in [2.75, 3.05) is 34.3 Å². The summed E-state index contributed by atoms with van der Waals surface area (Å²) in [6.45, 7) is 1.12. The van der Waals surface area contributed by atoms with Crippen LogP contribution in [0, 0.1) is 0 Å². The maximum absolute atomic E-state index is 13.2. The number of likely N-dealkylation sites (N-methyl/N-ethyl adjacent to an activating group) is 1. The van der Waals surface area contributed by atoms with Crippen LogP contribution in [0.25, 0.3) is 0 Å².